The largest absolute Gasteiger partial charge is 0.541 e. The Hall–Kier alpha value is -9.49. The highest BCUT2D eigenvalue weighted by Gasteiger charge is 2.28. The average molecular weight is 1550 g/mol. The zero-order valence-corrected chi connectivity index (χ0v) is 70.3. The molecule has 12 rings (SSSR count). The summed E-state index contributed by atoms with van der Waals surface area (Å²) in [4.78, 5) is 29.2. The molecule has 0 saturated carbocycles. The van der Waals surface area contributed by atoms with E-state index >= 15 is 0 Å². The Morgan fingerprint density at radius 2 is 0.757 bits per heavy atom. The molecule has 6 bridgehead atoms. The van der Waals surface area contributed by atoms with Crippen LogP contribution in [0.3, 0.4) is 0 Å². The molecule has 0 atom stereocenters. The lowest BCUT2D eigenvalue weighted by molar-refractivity contribution is 0.103. The smallest absolute Gasteiger partial charge is 0.486 e. The van der Waals surface area contributed by atoms with E-state index in [9.17, 15) is 9.90 Å². The van der Waals surface area contributed by atoms with Crippen molar-refractivity contribution in [2.24, 2.45) is 17.0 Å². The molecule has 0 fully saturated rings. The summed E-state index contributed by atoms with van der Waals surface area (Å²) in [7, 11) is 1.25. The van der Waals surface area contributed by atoms with Crippen LogP contribution in [0.4, 0.5) is 23.3 Å². The van der Waals surface area contributed by atoms with Gasteiger partial charge < -0.3 is 43.3 Å². The van der Waals surface area contributed by atoms with Crippen molar-refractivity contribution in [2.75, 3.05) is 5.32 Å². The summed E-state index contributed by atoms with van der Waals surface area (Å²) in [6.07, 6.45) is 54.9. The normalized spacial score (nSPS) is 11.9. The molecule has 13 heteroatoms. The van der Waals surface area contributed by atoms with Gasteiger partial charge in [-0.1, -0.05) is 319 Å². The second kappa shape index (κ2) is 45.7. The number of carbonyl (C=O) groups is 1. The standard InChI is InChI=1S/C102H131BN6O6/c1-6-9-12-15-18-21-24-27-30-33-36-39-43-51-77-54-48-59-81(70-77)112-84-62-66-88-92(73-84)98-104-97(88)106-102-94-75-86(114-83-61-50-56-79(72-83)53-45-41-38-35-32-29-26-23-20-17-14-11-8-3)64-68-90(94)101(109(102)103(4)115-87-65-69-91(95(110)76-87)96(111)80-57-46-42-47-58-80)107-99-89-67-63-85(74-93(89)100(105-98)108(99)5)113-82-60-49-55-78(71-82)52-44-40-37-34-31-28-25-22-19-16-13-10-7-2/h42,46-50,54-76,104-105,110H,6-41,43-45,51-53H2,1-5H3. The number of aromatic hydroxyl groups is 1. The van der Waals surface area contributed by atoms with Crippen LogP contribution in [-0.4, -0.2) is 32.0 Å². The highest BCUT2D eigenvalue weighted by atomic mass is 16.5. The zero-order valence-electron chi connectivity index (χ0n) is 70.3. The molecule has 8 aromatic carbocycles. The highest BCUT2D eigenvalue weighted by molar-refractivity contribution is 6.49. The van der Waals surface area contributed by atoms with Crippen LogP contribution in [0.1, 0.15) is 304 Å². The van der Waals surface area contributed by atoms with E-state index in [0.717, 1.165) is 93.9 Å². The van der Waals surface area contributed by atoms with Gasteiger partial charge in [-0.3, -0.25) is 4.79 Å². The third-order valence-electron chi connectivity index (χ3n) is 23.5. The minimum Gasteiger partial charge on any atom is -0.541 e. The van der Waals surface area contributed by atoms with Crippen LogP contribution < -0.4 is 35.2 Å². The van der Waals surface area contributed by atoms with Gasteiger partial charge in [0.05, 0.1) is 5.56 Å². The molecule has 11 aromatic rings. The number of hydrogen-bond acceptors (Lipinski definition) is 9. The van der Waals surface area contributed by atoms with Crippen molar-refractivity contribution in [1.29, 1.82) is 0 Å². The zero-order chi connectivity index (χ0) is 79.6. The number of fused-ring (bicyclic) bond motifs is 15. The number of aromatic nitrogens is 3. The van der Waals surface area contributed by atoms with Crippen molar-refractivity contribution in [1.82, 2.24) is 14.0 Å². The lowest BCUT2D eigenvalue weighted by atomic mass is 9.86. The number of nitrogens with one attached hydrogen (secondary N) is 2. The number of aryl methyl sites for hydroxylation is 3. The first-order valence-corrected chi connectivity index (χ1v) is 45.2. The monoisotopic (exact) mass is 1550 g/mol. The maximum Gasteiger partial charge on any atom is 0.486 e. The summed E-state index contributed by atoms with van der Waals surface area (Å²) < 4.78 is 31.8. The Balaban J connectivity index is 0.861. The molecule has 608 valence electrons. The van der Waals surface area contributed by atoms with Gasteiger partial charge >= 0.3 is 7.05 Å². The summed E-state index contributed by atoms with van der Waals surface area (Å²) in [6, 6.07) is 58.3. The molecule has 0 radical (unpaired) electrons. The maximum absolute atomic E-state index is 13.8. The van der Waals surface area contributed by atoms with E-state index in [1.54, 1.807) is 24.3 Å². The number of H-pyrrole nitrogens is 1. The number of phenols is 1. The van der Waals surface area contributed by atoms with E-state index in [4.69, 9.17) is 28.8 Å². The number of rotatable bonds is 53. The van der Waals surface area contributed by atoms with Crippen LogP contribution in [0.5, 0.6) is 46.0 Å². The van der Waals surface area contributed by atoms with Gasteiger partial charge in [0.2, 0.25) is 0 Å². The van der Waals surface area contributed by atoms with E-state index in [0.29, 0.717) is 57.0 Å². The van der Waals surface area contributed by atoms with Crippen LogP contribution in [0.2, 0.25) is 6.82 Å². The third-order valence-corrected chi connectivity index (χ3v) is 23.5. The maximum atomic E-state index is 13.8. The minimum atomic E-state index is -0.806. The van der Waals surface area contributed by atoms with Gasteiger partial charge in [-0.15, -0.1) is 0 Å². The fourth-order valence-electron chi connectivity index (χ4n) is 16.9. The average Bonchev–Trinajstić information content (AvgIpc) is 1.57. The van der Waals surface area contributed by atoms with E-state index in [-0.39, 0.29) is 17.1 Å². The fraction of sp³-hybridized carbons (Fsp3) is 0.461. The summed E-state index contributed by atoms with van der Waals surface area (Å²) in [5.41, 5.74) is 5.61. The van der Waals surface area contributed by atoms with Crippen LogP contribution in [0.15, 0.2) is 186 Å². The van der Waals surface area contributed by atoms with Crippen molar-refractivity contribution >= 4 is 68.4 Å². The van der Waals surface area contributed by atoms with Crippen LogP contribution in [0.25, 0.3) is 32.3 Å². The predicted octanol–water partition coefficient (Wildman–Crippen LogP) is 29.8. The summed E-state index contributed by atoms with van der Waals surface area (Å²) in [5, 5.41) is 20.7. The van der Waals surface area contributed by atoms with Crippen molar-refractivity contribution in [3.8, 4) is 46.0 Å². The van der Waals surface area contributed by atoms with Gasteiger partial charge in [-0.25, -0.2) is 9.98 Å². The molecule has 0 amide bonds. The molecule has 0 saturated heterocycles. The fourth-order valence-corrected chi connectivity index (χ4v) is 16.9. The molecular weight excluding hydrogens is 1420 g/mol. The van der Waals surface area contributed by atoms with Crippen molar-refractivity contribution in [2.45, 2.75) is 297 Å². The molecule has 0 spiro atoms. The van der Waals surface area contributed by atoms with Gasteiger partial charge in [0.25, 0.3) is 0 Å². The van der Waals surface area contributed by atoms with Crippen molar-refractivity contribution in [3.63, 3.8) is 0 Å². The summed E-state index contributed by atoms with van der Waals surface area (Å²) in [6.45, 7) is 8.84. The Labute approximate surface area is 687 Å². The first-order chi connectivity index (χ1) is 56.6. The van der Waals surface area contributed by atoms with E-state index in [1.165, 1.54) is 254 Å². The number of carbonyl (C=O) groups excluding carboxylic acids is 1. The van der Waals surface area contributed by atoms with Crippen LogP contribution >= 0.6 is 0 Å². The number of anilines is 2. The summed E-state index contributed by atoms with van der Waals surface area (Å²) in [5.74, 6) is 7.05. The number of unbranched alkanes of at least 4 members (excludes halogenated alkanes) is 36. The highest BCUT2D eigenvalue weighted by Crippen LogP contribution is 2.44. The lowest BCUT2D eigenvalue weighted by Gasteiger charge is -2.15. The quantitative estimate of drug-likeness (QED) is 0.0196. The topological polar surface area (TPSA) is 137 Å². The number of nitrogens with zero attached hydrogens (tertiary/aromatic N) is 4. The van der Waals surface area contributed by atoms with Gasteiger partial charge in [0, 0.05) is 51.0 Å². The first-order valence-electron chi connectivity index (χ1n) is 45.2. The van der Waals surface area contributed by atoms with Gasteiger partial charge in [-0.05, 0) is 165 Å². The number of benzene rings is 8. The lowest BCUT2D eigenvalue weighted by Crippen LogP contribution is -2.43. The number of ketones is 1. The minimum absolute atomic E-state index is 0.176. The molecule has 1 aliphatic heterocycles. The predicted molar refractivity (Wildman–Crippen MR) is 481 cm³/mol. The Morgan fingerprint density at radius 3 is 1.20 bits per heavy atom. The molecule has 0 unspecified atom stereocenters. The molecule has 3 N–H and O–H groups in total. The van der Waals surface area contributed by atoms with Gasteiger partial charge in [-0.2, -0.15) is 0 Å². The molecular formula is C102H131BN6O6. The number of hydrogen-bond donors (Lipinski definition) is 3. The number of phenolic OH excluding ortho intramolecular Hbond substituents is 1. The van der Waals surface area contributed by atoms with Gasteiger partial charge in [0.15, 0.2) is 5.78 Å². The Morgan fingerprint density at radius 1 is 0.374 bits per heavy atom. The summed E-state index contributed by atoms with van der Waals surface area (Å²) >= 11 is 0. The second-order valence-corrected chi connectivity index (χ2v) is 32.9. The second-order valence-electron chi connectivity index (χ2n) is 32.9. The number of aromatic amines is 1. The van der Waals surface area contributed by atoms with E-state index in [1.807, 2.05) is 53.8 Å². The molecule has 0 aliphatic carbocycles. The van der Waals surface area contributed by atoms with Crippen LogP contribution in [-0.2, 0) is 26.3 Å². The van der Waals surface area contributed by atoms with Crippen molar-refractivity contribution in [3.05, 3.63) is 215 Å². The first kappa shape index (κ1) is 84.9. The Bertz CT molecular complexity index is 4960. The SMILES string of the molecule is CCCCCCCCCCCCCCCc1cccc(Oc2ccc3c4[nH]c(c3c2)Nc2c3cc(Oc5cccc(CCCCCCCCCCCCCCC)c5)ccc3c(n2C)N=c2c3ccc(Oc5cccc(CCCCCCCCCCCCCCC)c5)cc3c(n2B(C)Oc2ccc(C(=O)c3ccccc3)c(O)c2)=N4)c1. The Kier molecular flexibility index (Phi) is 33.8. The van der Waals surface area contributed by atoms with Crippen molar-refractivity contribution < 1.29 is 28.8 Å². The third kappa shape index (κ3) is 25.0. The number of ether oxygens (including phenoxy) is 3. The molecule has 115 heavy (non-hydrogen) atoms. The molecule has 12 nitrogen and oxygen atoms in total. The molecule has 1 aliphatic rings. The molecule has 4 heterocycles. The molecule has 3 aromatic heterocycles. The van der Waals surface area contributed by atoms with Crippen LogP contribution in [0, 0.1) is 0 Å². The van der Waals surface area contributed by atoms with Gasteiger partial charge in [0.1, 0.15) is 80.2 Å². The van der Waals surface area contributed by atoms with E-state index < -0.39 is 7.05 Å². The van der Waals surface area contributed by atoms with E-state index in [2.05, 4.69) is 146 Å².